The van der Waals surface area contributed by atoms with E-state index in [2.05, 4.69) is 0 Å². The molecule has 3 aromatic carbocycles. The third kappa shape index (κ3) is 3.07. The van der Waals surface area contributed by atoms with Gasteiger partial charge in [-0.1, -0.05) is 66.7 Å². The van der Waals surface area contributed by atoms with Crippen LogP contribution in [0.2, 0.25) is 0 Å². The van der Waals surface area contributed by atoms with Crippen LogP contribution in [0.25, 0.3) is 5.76 Å². The van der Waals surface area contributed by atoms with Crippen molar-refractivity contribution in [2.75, 3.05) is 0 Å². The zero-order valence-corrected chi connectivity index (χ0v) is 13.6. The van der Waals surface area contributed by atoms with E-state index in [-0.39, 0.29) is 11.7 Å². The van der Waals surface area contributed by atoms with Gasteiger partial charge in [0.15, 0.2) is 0 Å². The van der Waals surface area contributed by atoms with E-state index in [1.807, 2.05) is 97.1 Å². The van der Waals surface area contributed by atoms with Crippen LogP contribution in [0.15, 0.2) is 97.1 Å². The molecule has 25 heavy (non-hydrogen) atoms. The molecule has 0 aromatic heterocycles. The van der Waals surface area contributed by atoms with Crippen LogP contribution in [0.3, 0.4) is 0 Å². The minimum absolute atomic E-state index is 0.0166. The Hall–Kier alpha value is -3.26. The number of Topliss-reactive ketones (excluding diaryl/α,β-unsaturated/α-hetero) is 1. The lowest BCUT2D eigenvalue weighted by atomic mass is 9.87. The first kappa shape index (κ1) is 15.3. The summed E-state index contributed by atoms with van der Waals surface area (Å²) in [5.41, 5.74) is 2.73. The maximum atomic E-state index is 13.1. The van der Waals surface area contributed by atoms with Crippen molar-refractivity contribution in [2.45, 2.75) is 5.92 Å². The number of rotatable bonds is 3. The summed E-state index contributed by atoms with van der Waals surface area (Å²) < 4.78 is 6.05. The van der Waals surface area contributed by atoms with Gasteiger partial charge in [0.2, 0.25) is 0 Å². The summed E-state index contributed by atoms with van der Waals surface area (Å²) in [5, 5.41) is 0. The van der Waals surface area contributed by atoms with Crippen molar-refractivity contribution in [3.05, 3.63) is 114 Å². The maximum Gasteiger partial charge on any atom is 0.404 e. The van der Waals surface area contributed by atoms with Gasteiger partial charge >= 0.3 is 11.5 Å². The van der Waals surface area contributed by atoms with Crippen LogP contribution in [0.5, 0.6) is 0 Å². The summed E-state index contributed by atoms with van der Waals surface area (Å²) in [7, 11) is 0. The number of hydrogen-bond donors (Lipinski definition) is 0. The first-order chi connectivity index (χ1) is 12.3. The molecule has 0 spiro atoms. The highest BCUT2D eigenvalue weighted by Gasteiger charge is 2.39. The second-order valence-corrected chi connectivity index (χ2v) is 5.95. The molecule has 1 aliphatic heterocycles. The van der Waals surface area contributed by atoms with Crippen molar-refractivity contribution in [3.8, 4) is 0 Å². The Labute approximate surface area is 146 Å². The fraction of sp³-hybridized carbons (Fsp3) is 0.0435. The summed E-state index contributed by atoms with van der Waals surface area (Å²) >= 11 is 0. The Morgan fingerprint density at radius 3 is 1.76 bits per heavy atom. The molecular weight excluding hydrogens is 308 g/mol. The van der Waals surface area contributed by atoms with E-state index < -0.39 is 0 Å². The zero-order chi connectivity index (χ0) is 17.1. The number of carbonyl (C=O) groups is 1. The molecule has 2 heteroatoms. The first-order valence-corrected chi connectivity index (χ1v) is 8.29. The molecule has 4 rings (SSSR count). The Morgan fingerprint density at radius 2 is 1.16 bits per heavy atom. The van der Waals surface area contributed by atoms with Gasteiger partial charge in [0.1, 0.15) is 0 Å². The fourth-order valence-electron chi connectivity index (χ4n) is 3.02. The normalized spacial score (nSPS) is 17.0. The molecular formula is C23H17O2+. The molecule has 0 fully saturated rings. The molecule has 0 saturated carbocycles. The molecule has 1 atom stereocenters. The largest absolute Gasteiger partial charge is 0.404 e. The van der Waals surface area contributed by atoms with Crippen LogP contribution in [0.4, 0.5) is 0 Å². The number of hydrogen-bond acceptors (Lipinski definition) is 1. The Morgan fingerprint density at radius 1 is 0.640 bits per heavy atom. The zero-order valence-electron chi connectivity index (χ0n) is 13.6. The first-order valence-electron chi connectivity index (χ1n) is 8.29. The van der Waals surface area contributed by atoms with Crippen molar-refractivity contribution in [1.82, 2.24) is 0 Å². The average Bonchev–Trinajstić information content (AvgIpc) is 2.70. The Bertz CT molecular complexity index is 939. The smallest absolute Gasteiger partial charge is 0.283 e. The summed E-state index contributed by atoms with van der Waals surface area (Å²) in [6, 6.07) is 29.3. The third-order valence-corrected chi connectivity index (χ3v) is 4.29. The number of benzene rings is 3. The standard InChI is InChI=1S/C23H17O2/c24-22-20(17-10-4-1-5-11-17)16-21(18-12-6-2-7-13-18)25-23(22)19-14-8-3-9-15-19/h1-16,20H/q+1. The van der Waals surface area contributed by atoms with Gasteiger partial charge in [0, 0.05) is 6.08 Å². The second-order valence-electron chi connectivity index (χ2n) is 5.95. The SMILES string of the molecule is O=C1C(c2ccccc2)=[O+]C(c2ccccc2)=CC1c1ccccc1. The van der Waals surface area contributed by atoms with Crippen LogP contribution >= 0.6 is 0 Å². The molecule has 1 heterocycles. The van der Waals surface area contributed by atoms with Crippen LogP contribution in [0.1, 0.15) is 27.0 Å². The van der Waals surface area contributed by atoms with Crippen LogP contribution in [0, 0.1) is 0 Å². The van der Waals surface area contributed by atoms with E-state index >= 15 is 0 Å². The molecule has 1 unspecified atom stereocenters. The third-order valence-electron chi connectivity index (χ3n) is 4.29. The minimum Gasteiger partial charge on any atom is -0.283 e. The predicted octanol–water partition coefficient (Wildman–Crippen LogP) is 4.81. The van der Waals surface area contributed by atoms with Gasteiger partial charge in [-0.3, -0.25) is 4.79 Å². The summed E-state index contributed by atoms with van der Waals surface area (Å²) in [6.45, 7) is 0. The van der Waals surface area contributed by atoms with E-state index in [1.54, 1.807) is 0 Å². The van der Waals surface area contributed by atoms with Gasteiger partial charge < -0.3 is 0 Å². The molecule has 2 nitrogen and oxygen atoms in total. The van der Waals surface area contributed by atoms with Gasteiger partial charge in [-0.25, -0.2) is 4.42 Å². The van der Waals surface area contributed by atoms with Gasteiger partial charge in [-0.05, 0) is 29.8 Å². The molecule has 0 aliphatic carbocycles. The van der Waals surface area contributed by atoms with Crippen molar-refractivity contribution in [3.63, 3.8) is 0 Å². The van der Waals surface area contributed by atoms with E-state index in [0.29, 0.717) is 11.5 Å². The highest BCUT2D eigenvalue weighted by molar-refractivity contribution is 6.46. The number of allylic oxidation sites excluding steroid dienone is 1. The van der Waals surface area contributed by atoms with Crippen molar-refractivity contribution >= 4 is 17.3 Å². The van der Waals surface area contributed by atoms with Crippen molar-refractivity contribution in [1.29, 1.82) is 0 Å². The van der Waals surface area contributed by atoms with E-state index in [0.717, 1.165) is 16.7 Å². The fourth-order valence-corrected chi connectivity index (χ4v) is 3.02. The Kier molecular flexibility index (Phi) is 4.09. The molecule has 0 saturated heterocycles. The summed E-state index contributed by atoms with van der Waals surface area (Å²) in [6.07, 6.45) is 1.92. The summed E-state index contributed by atoms with van der Waals surface area (Å²) in [4.78, 5) is 13.1. The topological polar surface area (TPSA) is 28.4 Å². The monoisotopic (exact) mass is 325 g/mol. The maximum absolute atomic E-state index is 13.1. The molecule has 0 N–H and O–H groups in total. The molecule has 0 amide bonds. The number of carbonyl (C=O) groups excluding carboxylic acids is 2. The van der Waals surface area contributed by atoms with E-state index in [4.69, 9.17) is 4.42 Å². The molecule has 0 radical (unpaired) electrons. The van der Waals surface area contributed by atoms with Gasteiger partial charge in [0.05, 0.1) is 17.0 Å². The minimum atomic E-state index is -0.347. The highest BCUT2D eigenvalue weighted by atomic mass is 16.4. The molecule has 0 bridgehead atoms. The van der Waals surface area contributed by atoms with Gasteiger partial charge in [-0.2, -0.15) is 0 Å². The van der Waals surface area contributed by atoms with Crippen molar-refractivity contribution in [2.24, 2.45) is 0 Å². The molecule has 1 aliphatic rings. The van der Waals surface area contributed by atoms with Crippen LogP contribution in [-0.2, 0) is 4.79 Å². The van der Waals surface area contributed by atoms with Gasteiger partial charge in [0.25, 0.3) is 5.78 Å². The lowest BCUT2D eigenvalue weighted by molar-refractivity contribution is -0.154. The molecule has 120 valence electrons. The van der Waals surface area contributed by atoms with Gasteiger partial charge in [-0.15, -0.1) is 0 Å². The Balaban J connectivity index is 1.86. The molecule has 3 aromatic rings. The van der Waals surface area contributed by atoms with E-state index in [9.17, 15) is 4.79 Å². The predicted molar refractivity (Wildman–Crippen MR) is 99.4 cm³/mol. The van der Waals surface area contributed by atoms with E-state index in [1.165, 1.54) is 0 Å². The summed E-state index contributed by atoms with van der Waals surface area (Å²) in [5.74, 6) is 0.751. The second kappa shape index (κ2) is 6.70. The van der Waals surface area contributed by atoms with Crippen LogP contribution < -0.4 is 0 Å². The lowest BCUT2D eigenvalue weighted by Crippen LogP contribution is -2.25. The average molecular weight is 325 g/mol. The van der Waals surface area contributed by atoms with Crippen LogP contribution in [-0.4, -0.2) is 11.6 Å². The quantitative estimate of drug-likeness (QED) is 0.501. The van der Waals surface area contributed by atoms with Crippen molar-refractivity contribution < 1.29 is 9.22 Å². The highest BCUT2D eigenvalue weighted by Crippen LogP contribution is 2.30. The lowest BCUT2D eigenvalue weighted by Gasteiger charge is -2.12. The number of ketones is 2.